The fraction of sp³-hybridized carbons (Fsp3) is 0.250. The van der Waals surface area contributed by atoms with E-state index in [9.17, 15) is 8.78 Å². The minimum atomic E-state index is -2.88. The normalized spacial score (nSPS) is 14.6. The van der Waals surface area contributed by atoms with Crippen molar-refractivity contribution in [1.82, 2.24) is 14.8 Å². The molecule has 0 N–H and O–H groups in total. The van der Waals surface area contributed by atoms with E-state index >= 15 is 0 Å². The maximum Gasteiger partial charge on any atom is 0.387 e. The highest BCUT2D eigenvalue weighted by Crippen LogP contribution is 2.39. The van der Waals surface area contributed by atoms with Gasteiger partial charge in [0.25, 0.3) is 0 Å². The van der Waals surface area contributed by atoms with Gasteiger partial charge in [-0.25, -0.2) is 4.98 Å². The van der Waals surface area contributed by atoms with Gasteiger partial charge in [-0.15, -0.1) is 0 Å². The summed E-state index contributed by atoms with van der Waals surface area (Å²) in [6.07, 6.45) is 5.60. The lowest BCUT2D eigenvalue weighted by atomic mass is 10.0. The summed E-state index contributed by atoms with van der Waals surface area (Å²) in [5.74, 6) is 0.0818. The quantitative estimate of drug-likeness (QED) is 0.649. The highest BCUT2D eigenvalue weighted by molar-refractivity contribution is 6.29. The third-order valence-electron chi connectivity index (χ3n) is 3.83. The zero-order valence-electron chi connectivity index (χ0n) is 11.9. The van der Waals surface area contributed by atoms with Gasteiger partial charge in [0.1, 0.15) is 10.7 Å². The Hall–Kier alpha value is -2.21. The lowest BCUT2D eigenvalue weighted by Gasteiger charge is -2.08. The maximum absolute atomic E-state index is 12.6. The summed E-state index contributed by atoms with van der Waals surface area (Å²) in [5.41, 5.74) is 2.15. The summed E-state index contributed by atoms with van der Waals surface area (Å²) in [6, 6.07) is 7.16. The van der Waals surface area contributed by atoms with Crippen molar-refractivity contribution in [1.29, 1.82) is 0 Å². The molecule has 0 atom stereocenters. The molecule has 2 heterocycles. The molecular formula is C16H12ClF2N3O. The van der Waals surface area contributed by atoms with E-state index in [1.54, 1.807) is 18.3 Å². The molecule has 2 aromatic heterocycles. The molecule has 0 radical (unpaired) electrons. The molecule has 0 amide bonds. The van der Waals surface area contributed by atoms with Crippen LogP contribution >= 0.6 is 11.6 Å². The van der Waals surface area contributed by atoms with Crippen molar-refractivity contribution < 1.29 is 13.5 Å². The fourth-order valence-electron chi connectivity index (χ4n) is 2.64. The summed E-state index contributed by atoms with van der Waals surface area (Å²) < 4.78 is 31.7. The molecule has 4 nitrogen and oxygen atoms in total. The van der Waals surface area contributed by atoms with Gasteiger partial charge in [0.05, 0.1) is 6.04 Å². The van der Waals surface area contributed by atoms with Crippen LogP contribution in [0.3, 0.4) is 0 Å². The first kappa shape index (κ1) is 14.4. The lowest BCUT2D eigenvalue weighted by molar-refractivity contribution is -0.0489. The fourth-order valence-corrected chi connectivity index (χ4v) is 2.81. The van der Waals surface area contributed by atoms with Gasteiger partial charge in [0, 0.05) is 17.8 Å². The molecule has 7 heteroatoms. The highest BCUT2D eigenvalue weighted by Gasteiger charge is 2.26. The molecule has 0 spiro atoms. The first-order chi connectivity index (χ1) is 11.1. The monoisotopic (exact) mass is 335 g/mol. The molecule has 0 aliphatic heterocycles. The van der Waals surface area contributed by atoms with Crippen LogP contribution in [-0.2, 0) is 0 Å². The standard InChI is InChI=1S/C16H12ClF2N3O/c17-14-7-9(5-6-20-14)11-3-4-13(23-16(18)19)15-12(11)8-22(21-15)10-1-2-10/h3-8,10,16H,1-2H2. The number of alkyl halides is 2. The van der Waals surface area contributed by atoms with E-state index in [-0.39, 0.29) is 5.75 Å². The van der Waals surface area contributed by atoms with Crippen molar-refractivity contribution in [3.63, 3.8) is 0 Å². The number of hydrogen-bond acceptors (Lipinski definition) is 3. The van der Waals surface area contributed by atoms with Crippen LogP contribution in [0.25, 0.3) is 22.0 Å². The Balaban J connectivity index is 1.91. The number of halogens is 3. The molecule has 4 rings (SSSR count). The van der Waals surface area contributed by atoms with Gasteiger partial charge in [-0.05, 0) is 48.2 Å². The van der Waals surface area contributed by atoms with E-state index in [0.717, 1.165) is 29.4 Å². The number of benzene rings is 1. The van der Waals surface area contributed by atoms with Crippen molar-refractivity contribution in [3.05, 3.63) is 41.8 Å². The summed E-state index contributed by atoms with van der Waals surface area (Å²) >= 11 is 5.96. The number of pyridine rings is 1. The van der Waals surface area contributed by atoms with E-state index in [4.69, 9.17) is 11.6 Å². The van der Waals surface area contributed by atoms with Crippen LogP contribution < -0.4 is 4.74 Å². The van der Waals surface area contributed by atoms with E-state index in [2.05, 4.69) is 14.8 Å². The van der Waals surface area contributed by atoms with Crippen molar-refractivity contribution >= 4 is 22.5 Å². The molecule has 1 aromatic carbocycles. The molecule has 1 aliphatic rings. The van der Waals surface area contributed by atoms with E-state index in [1.165, 1.54) is 6.07 Å². The number of aromatic nitrogens is 3. The molecule has 1 fully saturated rings. The molecule has 0 saturated heterocycles. The molecule has 118 valence electrons. The average Bonchev–Trinajstić information content (AvgIpc) is 3.26. The second-order valence-corrected chi connectivity index (χ2v) is 5.85. The van der Waals surface area contributed by atoms with Crippen LogP contribution in [0.5, 0.6) is 5.75 Å². The Bertz CT molecular complexity index is 877. The van der Waals surface area contributed by atoms with Crippen LogP contribution in [-0.4, -0.2) is 21.4 Å². The molecule has 0 bridgehead atoms. The Kier molecular flexibility index (Phi) is 3.41. The Morgan fingerprint density at radius 2 is 2.09 bits per heavy atom. The third-order valence-corrected chi connectivity index (χ3v) is 4.04. The summed E-state index contributed by atoms with van der Waals surface area (Å²) in [5, 5.41) is 5.58. The topological polar surface area (TPSA) is 39.9 Å². The molecule has 23 heavy (non-hydrogen) atoms. The minimum Gasteiger partial charge on any atom is -0.432 e. The van der Waals surface area contributed by atoms with Crippen LogP contribution in [0.4, 0.5) is 8.78 Å². The van der Waals surface area contributed by atoms with Crippen molar-refractivity contribution in [2.45, 2.75) is 25.5 Å². The highest BCUT2D eigenvalue weighted by atomic mass is 35.5. The first-order valence-electron chi connectivity index (χ1n) is 7.20. The zero-order chi connectivity index (χ0) is 16.0. The van der Waals surface area contributed by atoms with Crippen molar-refractivity contribution in [2.75, 3.05) is 0 Å². The number of ether oxygens (including phenoxy) is 1. The van der Waals surface area contributed by atoms with Crippen molar-refractivity contribution in [2.24, 2.45) is 0 Å². The number of nitrogens with zero attached hydrogens (tertiary/aromatic N) is 3. The Labute approximate surface area is 135 Å². The number of hydrogen-bond donors (Lipinski definition) is 0. The van der Waals surface area contributed by atoms with Gasteiger partial charge in [-0.3, -0.25) is 4.68 Å². The smallest absolute Gasteiger partial charge is 0.387 e. The second kappa shape index (κ2) is 5.45. The van der Waals surface area contributed by atoms with Gasteiger partial charge in [-0.2, -0.15) is 13.9 Å². The van der Waals surface area contributed by atoms with Crippen LogP contribution in [0.15, 0.2) is 36.7 Å². The van der Waals surface area contributed by atoms with Crippen LogP contribution in [0.2, 0.25) is 5.15 Å². The van der Waals surface area contributed by atoms with Crippen LogP contribution in [0.1, 0.15) is 18.9 Å². The zero-order valence-corrected chi connectivity index (χ0v) is 12.7. The molecule has 0 unspecified atom stereocenters. The van der Waals surface area contributed by atoms with E-state index in [1.807, 2.05) is 16.9 Å². The largest absolute Gasteiger partial charge is 0.432 e. The van der Waals surface area contributed by atoms with E-state index in [0.29, 0.717) is 16.7 Å². The predicted octanol–water partition coefficient (Wildman–Crippen LogP) is 4.69. The van der Waals surface area contributed by atoms with Crippen LogP contribution in [0, 0.1) is 0 Å². The second-order valence-electron chi connectivity index (χ2n) is 5.46. The van der Waals surface area contributed by atoms with Gasteiger partial charge in [0.15, 0.2) is 5.75 Å². The maximum atomic E-state index is 12.6. The minimum absolute atomic E-state index is 0.0818. The van der Waals surface area contributed by atoms with Gasteiger partial charge in [-0.1, -0.05) is 11.6 Å². The summed E-state index contributed by atoms with van der Waals surface area (Å²) in [7, 11) is 0. The Morgan fingerprint density at radius 3 is 2.78 bits per heavy atom. The predicted molar refractivity (Wildman–Crippen MR) is 82.9 cm³/mol. The number of rotatable bonds is 4. The average molecular weight is 336 g/mol. The lowest BCUT2D eigenvalue weighted by Crippen LogP contribution is -2.02. The van der Waals surface area contributed by atoms with Gasteiger partial charge in [0.2, 0.25) is 0 Å². The molecular weight excluding hydrogens is 324 g/mol. The number of fused-ring (bicyclic) bond motifs is 1. The van der Waals surface area contributed by atoms with Crippen molar-refractivity contribution in [3.8, 4) is 16.9 Å². The molecule has 3 aromatic rings. The summed E-state index contributed by atoms with van der Waals surface area (Å²) in [4.78, 5) is 3.97. The summed E-state index contributed by atoms with van der Waals surface area (Å²) in [6.45, 7) is -2.88. The molecule has 1 aliphatic carbocycles. The first-order valence-corrected chi connectivity index (χ1v) is 7.58. The SMILES string of the molecule is FC(F)Oc1ccc(-c2ccnc(Cl)c2)c2cn(C3CC3)nc12. The molecule has 1 saturated carbocycles. The third kappa shape index (κ3) is 2.74. The van der Waals surface area contributed by atoms with E-state index < -0.39 is 6.61 Å². The van der Waals surface area contributed by atoms with Gasteiger partial charge >= 0.3 is 6.61 Å². The Morgan fingerprint density at radius 1 is 1.26 bits per heavy atom. The van der Waals surface area contributed by atoms with Gasteiger partial charge < -0.3 is 4.74 Å².